The summed E-state index contributed by atoms with van der Waals surface area (Å²) < 4.78 is 0. The Hall–Kier alpha value is -4.05. The largest absolute Gasteiger partial charge is 0.508 e. The van der Waals surface area contributed by atoms with Gasteiger partial charge in [-0.1, -0.05) is 12.1 Å². The van der Waals surface area contributed by atoms with Gasteiger partial charge in [0.15, 0.2) is 11.4 Å². The van der Waals surface area contributed by atoms with Crippen molar-refractivity contribution in [3.63, 3.8) is 0 Å². The number of phenols is 1. The Balaban J connectivity index is 0.000000952. The number of likely N-dealkylation sites (tertiary alicyclic amines) is 1. The molecule has 1 saturated carbocycles. The number of aromatic hydroxyl groups is 1. The number of aliphatic hydroxyl groups is 4. The van der Waals surface area contributed by atoms with E-state index in [1.165, 1.54) is 30.0 Å². The highest BCUT2D eigenvalue weighted by Crippen LogP contribution is 2.57. The summed E-state index contributed by atoms with van der Waals surface area (Å²) in [6, 6.07) is 3.12. The summed E-state index contributed by atoms with van der Waals surface area (Å²) in [5.74, 6) is -7.17. The minimum absolute atomic E-state index is 0.137. The van der Waals surface area contributed by atoms with Crippen LogP contribution < -0.4 is 5.32 Å². The van der Waals surface area contributed by atoms with Crippen LogP contribution in [-0.2, 0) is 20.0 Å². The number of carbonyl (C=O) groups is 3. The maximum Gasteiger partial charge on any atom is 0.291 e. The summed E-state index contributed by atoms with van der Waals surface area (Å²) in [5.41, 5.74) is -5.54. The normalized spacial score (nSPS) is 30.8. The van der Waals surface area contributed by atoms with Gasteiger partial charge in [-0.25, -0.2) is 0 Å². The number of fused-ring (bicyclic) bond motifs is 3. The Morgan fingerprint density at radius 3 is 2.33 bits per heavy atom. The fourth-order valence-corrected chi connectivity index (χ4v) is 6.70. The molecule has 1 saturated heterocycles. The number of ketones is 2. The molecule has 0 spiro atoms. The van der Waals surface area contributed by atoms with E-state index in [0.29, 0.717) is 0 Å². The number of Topliss-reactive ketones (excluding diaryl/α,β-unsaturated/α-hetero) is 2. The van der Waals surface area contributed by atoms with E-state index in [1.807, 2.05) is 4.90 Å². The second kappa shape index (κ2) is 11.0. The zero-order chi connectivity index (χ0) is 31.3. The van der Waals surface area contributed by atoms with Gasteiger partial charge in [0.2, 0.25) is 5.78 Å². The quantitative estimate of drug-likeness (QED) is 0.139. The number of likely N-dealkylation sites (N-methyl/N-ethyl adjacent to an activating group) is 1. The van der Waals surface area contributed by atoms with E-state index in [0.717, 1.165) is 25.9 Å². The lowest BCUT2D eigenvalue weighted by Gasteiger charge is -2.53. The highest BCUT2D eigenvalue weighted by atomic mass is 16.9. The minimum atomic E-state index is -2.72. The monoisotopic (exact) mass is 590 g/mol. The molecule has 0 aromatic heterocycles. The number of nitrogens with zero attached hydrogens (tertiary/aromatic N) is 3. The maximum atomic E-state index is 14.0. The summed E-state index contributed by atoms with van der Waals surface area (Å²) in [4.78, 5) is 52.6. The van der Waals surface area contributed by atoms with Crippen LogP contribution in [0.25, 0.3) is 5.76 Å². The average Bonchev–Trinajstić information content (AvgIpc) is 3.41. The molecule has 4 aliphatic rings. The fraction of sp³-hybridized carbons (Fsp3) is 0.519. The highest BCUT2D eigenvalue weighted by molar-refractivity contribution is 6.25. The molecule has 1 aromatic carbocycles. The van der Waals surface area contributed by atoms with Gasteiger partial charge in [-0.05, 0) is 65.0 Å². The molecule has 1 amide bonds. The molecule has 15 heteroatoms. The number of phenolic OH excluding ortho intramolecular Hbond substituents is 1. The molecule has 0 radical (unpaired) electrons. The number of hydrogen-bond donors (Lipinski definition) is 7. The van der Waals surface area contributed by atoms with Crippen LogP contribution in [0.4, 0.5) is 0 Å². The van der Waals surface area contributed by atoms with E-state index in [-0.39, 0.29) is 35.5 Å². The van der Waals surface area contributed by atoms with E-state index in [9.17, 15) is 39.9 Å². The fourth-order valence-electron chi connectivity index (χ4n) is 6.70. The van der Waals surface area contributed by atoms with Gasteiger partial charge in [-0.3, -0.25) is 24.2 Å². The molecule has 5 atom stereocenters. The predicted octanol–water partition coefficient (Wildman–Crippen LogP) is -0.0345. The molecule has 15 nitrogen and oxygen atoms in total. The summed E-state index contributed by atoms with van der Waals surface area (Å²) in [5, 5.41) is 72.6. The summed E-state index contributed by atoms with van der Waals surface area (Å²) in [6.45, 7) is 3.11. The first-order valence-corrected chi connectivity index (χ1v) is 13.3. The SMILES string of the molecule is CN(C)[C@@H]1C(=O)C(C(=O)NCN2CCCC2)=C(O)[C@@]2(O)C(=O)C3=C(O)c4c(O)cccc4[C@@](C)(O)[C@H]3C[C@H]12.O=[N+]([O-])O. The number of hydrogen-bond acceptors (Lipinski definition) is 12. The average molecular weight is 591 g/mol. The predicted molar refractivity (Wildman–Crippen MR) is 144 cm³/mol. The Kier molecular flexibility index (Phi) is 8.08. The second-order valence-corrected chi connectivity index (χ2v) is 11.3. The van der Waals surface area contributed by atoms with Crippen molar-refractivity contribution in [1.82, 2.24) is 15.1 Å². The van der Waals surface area contributed by atoms with Crippen LogP contribution in [0.3, 0.4) is 0 Å². The van der Waals surface area contributed by atoms with Crippen molar-refractivity contribution in [3.8, 4) is 5.75 Å². The number of benzene rings is 1. The highest BCUT2D eigenvalue weighted by Gasteiger charge is 2.66. The van der Waals surface area contributed by atoms with Crippen LogP contribution in [0.1, 0.15) is 37.3 Å². The Morgan fingerprint density at radius 2 is 1.76 bits per heavy atom. The maximum absolute atomic E-state index is 14.0. The van der Waals surface area contributed by atoms with Gasteiger partial charge in [-0.15, -0.1) is 10.1 Å². The Morgan fingerprint density at radius 1 is 1.17 bits per heavy atom. The van der Waals surface area contributed by atoms with Crippen LogP contribution >= 0.6 is 0 Å². The first-order chi connectivity index (χ1) is 19.6. The van der Waals surface area contributed by atoms with Gasteiger partial charge in [0, 0.05) is 17.4 Å². The number of aliphatic hydroxyl groups excluding tert-OH is 2. The van der Waals surface area contributed by atoms with E-state index in [2.05, 4.69) is 5.32 Å². The van der Waals surface area contributed by atoms with E-state index in [1.54, 1.807) is 14.1 Å². The van der Waals surface area contributed by atoms with Crippen molar-refractivity contribution in [2.75, 3.05) is 33.9 Å². The third-order valence-corrected chi connectivity index (χ3v) is 8.66. The lowest BCUT2D eigenvalue weighted by molar-refractivity contribution is -0.742. The van der Waals surface area contributed by atoms with Gasteiger partial charge in [0.05, 0.1) is 23.9 Å². The number of amides is 1. The van der Waals surface area contributed by atoms with E-state index < -0.39 is 68.7 Å². The smallest absolute Gasteiger partial charge is 0.291 e. The van der Waals surface area contributed by atoms with E-state index in [4.69, 9.17) is 15.3 Å². The molecule has 7 N–H and O–H groups in total. The van der Waals surface area contributed by atoms with Crippen LogP contribution in [0.5, 0.6) is 5.75 Å². The standard InChI is InChI=1S/C27H33N3O8.HNO3/c1-26(37)13-7-6-8-16(31)17(13)21(32)18-14(26)11-15-20(29(2)3)22(33)19(24(35)27(15,38)23(18)34)25(36)28-12-30-9-4-5-10-30;2-1(3)4/h6-8,14-15,20,31-32,35,37-38H,4-5,9-12H2,1-3H3,(H,28,36);(H,2,3,4)/t14-,15+,20-,26+,27-;/m0./s1. The molecule has 1 aliphatic heterocycles. The lowest BCUT2D eigenvalue weighted by Crippen LogP contribution is -2.67. The third-order valence-electron chi connectivity index (χ3n) is 8.66. The third kappa shape index (κ3) is 4.77. The molecule has 228 valence electrons. The molecule has 1 aromatic rings. The molecule has 5 rings (SSSR count). The molecular weight excluding hydrogens is 556 g/mol. The molecular formula is C27H34N4O11. The molecule has 1 heterocycles. The first-order valence-electron chi connectivity index (χ1n) is 13.3. The van der Waals surface area contributed by atoms with Crippen molar-refractivity contribution in [3.05, 3.63) is 56.3 Å². The van der Waals surface area contributed by atoms with Crippen molar-refractivity contribution >= 4 is 23.2 Å². The summed E-state index contributed by atoms with van der Waals surface area (Å²) >= 11 is 0. The van der Waals surface area contributed by atoms with Crippen LogP contribution in [0.2, 0.25) is 0 Å². The van der Waals surface area contributed by atoms with Crippen molar-refractivity contribution in [1.29, 1.82) is 0 Å². The van der Waals surface area contributed by atoms with Crippen LogP contribution in [-0.4, -0.2) is 109 Å². The van der Waals surface area contributed by atoms with Gasteiger partial charge >= 0.3 is 0 Å². The van der Waals surface area contributed by atoms with Crippen LogP contribution in [0.15, 0.2) is 35.1 Å². The first kappa shape index (κ1) is 30.9. The Labute approximate surface area is 240 Å². The molecule has 42 heavy (non-hydrogen) atoms. The molecule has 0 unspecified atom stereocenters. The summed E-state index contributed by atoms with van der Waals surface area (Å²) in [6.07, 6.45) is 1.78. The van der Waals surface area contributed by atoms with Gasteiger partial charge < -0.3 is 36.1 Å². The van der Waals surface area contributed by atoms with E-state index >= 15 is 0 Å². The second-order valence-electron chi connectivity index (χ2n) is 11.3. The Bertz CT molecular complexity index is 1390. The molecule has 3 aliphatic carbocycles. The van der Waals surface area contributed by atoms with Gasteiger partial charge in [-0.2, -0.15) is 0 Å². The van der Waals surface area contributed by atoms with Crippen molar-refractivity contribution in [2.24, 2.45) is 11.8 Å². The number of nitrogens with one attached hydrogen (secondary N) is 1. The van der Waals surface area contributed by atoms with Crippen LogP contribution in [0, 0.1) is 22.0 Å². The zero-order valence-electron chi connectivity index (χ0n) is 23.3. The lowest BCUT2D eigenvalue weighted by atomic mass is 9.54. The number of rotatable bonds is 4. The molecule has 2 fully saturated rings. The van der Waals surface area contributed by atoms with Gasteiger partial charge in [0.1, 0.15) is 22.8 Å². The zero-order valence-corrected chi connectivity index (χ0v) is 23.3. The van der Waals surface area contributed by atoms with Crippen molar-refractivity contribution < 1.29 is 50.2 Å². The number of carbonyl (C=O) groups excluding carboxylic acids is 3. The van der Waals surface area contributed by atoms with Crippen molar-refractivity contribution in [2.45, 2.75) is 43.4 Å². The summed E-state index contributed by atoms with van der Waals surface area (Å²) in [7, 11) is 3.12. The van der Waals surface area contributed by atoms with Gasteiger partial charge in [0.25, 0.3) is 11.0 Å². The minimum Gasteiger partial charge on any atom is -0.508 e. The molecule has 0 bridgehead atoms. The topological polar surface area (TPSA) is 234 Å².